The maximum atomic E-state index is 12.7. The van der Waals surface area contributed by atoms with E-state index in [4.69, 9.17) is 4.74 Å². The number of hydrogen-bond donors (Lipinski definition) is 0. The van der Waals surface area contributed by atoms with E-state index >= 15 is 0 Å². The van der Waals surface area contributed by atoms with E-state index in [-0.39, 0.29) is 17.5 Å². The van der Waals surface area contributed by atoms with E-state index in [0.29, 0.717) is 5.92 Å². The quantitative estimate of drug-likeness (QED) is 0.565. The van der Waals surface area contributed by atoms with Crippen molar-refractivity contribution < 1.29 is 9.53 Å². The molecule has 0 saturated heterocycles. The van der Waals surface area contributed by atoms with Gasteiger partial charge < -0.3 is 4.74 Å². The standard InChI is InChI=1S/C19H30O2/c1-4-7-19(2,3)21-18(20)15-10-13-9-14(15)17-12-6-5-11(8-12)16(13)17/h11-17H,4-10H2,1-3H3. The van der Waals surface area contributed by atoms with Crippen LogP contribution in [0.4, 0.5) is 0 Å². The summed E-state index contributed by atoms with van der Waals surface area (Å²) in [6.07, 6.45) is 8.91. The van der Waals surface area contributed by atoms with Gasteiger partial charge in [0.15, 0.2) is 0 Å². The third kappa shape index (κ3) is 2.08. The van der Waals surface area contributed by atoms with Gasteiger partial charge >= 0.3 is 5.97 Å². The normalized spacial score (nSPS) is 46.9. The van der Waals surface area contributed by atoms with Gasteiger partial charge in [-0.05, 0) is 87.9 Å². The zero-order chi connectivity index (χ0) is 14.8. The third-order valence-electron chi connectivity index (χ3n) is 7.27. The molecule has 0 heterocycles. The second-order valence-electron chi connectivity index (χ2n) is 8.92. The first kappa shape index (κ1) is 14.1. The first-order valence-electron chi connectivity index (χ1n) is 9.23. The summed E-state index contributed by atoms with van der Waals surface area (Å²) in [5.41, 5.74) is -0.276. The molecule has 21 heavy (non-hydrogen) atoms. The van der Waals surface area contributed by atoms with Gasteiger partial charge in [-0.25, -0.2) is 0 Å². The van der Waals surface area contributed by atoms with Crippen LogP contribution >= 0.6 is 0 Å². The fourth-order valence-corrected chi connectivity index (χ4v) is 6.84. The molecule has 4 fully saturated rings. The lowest BCUT2D eigenvalue weighted by Gasteiger charge is -2.38. The van der Waals surface area contributed by atoms with Crippen molar-refractivity contribution in [2.75, 3.05) is 0 Å². The molecule has 4 rings (SSSR count). The first-order valence-corrected chi connectivity index (χ1v) is 9.23. The molecule has 0 radical (unpaired) electrons. The number of hydrogen-bond acceptors (Lipinski definition) is 2. The lowest BCUT2D eigenvalue weighted by molar-refractivity contribution is -0.165. The van der Waals surface area contributed by atoms with Gasteiger partial charge in [-0.1, -0.05) is 13.3 Å². The summed E-state index contributed by atoms with van der Waals surface area (Å²) in [4.78, 5) is 12.7. The van der Waals surface area contributed by atoms with Crippen molar-refractivity contribution in [3.63, 3.8) is 0 Å². The first-order chi connectivity index (χ1) is 10.00. The minimum absolute atomic E-state index is 0.127. The number of rotatable bonds is 4. The summed E-state index contributed by atoms with van der Waals surface area (Å²) in [6, 6.07) is 0. The minimum Gasteiger partial charge on any atom is -0.459 e. The smallest absolute Gasteiger partial charge is 0.309 e. The highest BCUT2D eigenvalue weighted by Crippen LogP contribution is 2.68. The van der Waals surface area contributed by atoms with Crippen molar-refractivity contribution in [3.8, 4) is 0 Å². The van der Waals surface area contributed by atoms with Crippen molar-refractivity contribution in [2.45, 2.75) is 71.3 Å². The molecule has 0 aromatic rings. The average Bonchev–Trinajstić information content (AvgIpc) is 3.16. The highest BCUT2D eigenvalue weighted by atomic mass is 16.6. The van der Waals surface area contributed by atoms with Crippen molar-refractivity contribution in [1.82, 2.24) is 0 Å². The molecule has 0 aliphatic heterocycles. The number of esters is 1. The van der Waals surface area contributed by atoms with Crippen LogP contribution in [0.3, 0.4) is 0 Å². The molecule has 0 aromatic carbocycles. The number of fused-ring (bicyclic) bond motifs is 9. The molecule has 7 unspecified atom stereocenters. The summed E-state index contributed by atoms with van der Waals surface area (Å²) in [7, 11) is 0. The van der Waals surface area contributed by atoms with E-state index in [1.807, 2.05) is 0 Å². The zero-order valence-corrected chi connectivity index (χ0v) is 13.8. The molecule has 4 saturated carbocycles. The van der Waals surface area contributed by atoms with Gasteiger partial charge in [0.25, 0.3) is 0 Å². The van der Waals surface area contributed by atoms with Gasteiger partial charge in [-0.2, -0.15) is 0 Å². The van der Waals surface area contributed by atoms with E-state index in [2.05, 4.69) is 20.8 Å². The molecule has 0 spiro atoms. The van der Waals surface area contributed by atoms with Crippen molar-refractivity contribution in [1.29, 1.82) is 0 Å². The van der Waals surface area contributed by atoms with Gasteiger partial charge in [-0.3, -0.25) is 4.79 Å². The Kier molecular flexibility index (Phi) is 3.17. The Labute approximate surface area is 129 Å². The van der Waals surface area contributed by atoms with Gasteiger partial charge in [0, 0.05) is 0 Å². The van der Waals surface area contributed by atoms with Crippen LogP contribution in [0.2, 0.25) is 0 Å². The Morgan fingerprint density at radius 2 is 1.76 bits per heavy atom. The fourth-order valence-electron chi connectivity index (χ4n) is 6.84. The van der Waals surface area contributed by atoms with Crippen molar-refractivity contribution in [3.05, 3.63) is 0 Å². The largest absolute Gasteiger partial charge is 0.459 e. The van der Waals surface area contributed by atoms with Gasteiger partial charge in [0.2, 0.25) is 0 Å². The summed E-state index contributed by atoms with van der Waals surface area (Å²) in [5.74, 6) is 5.71. The highest BCUT2D eigenvalue weighted by Gasteiger charge is 2.63. The predicted octanol–water partition coefficient (Wildman–Crippen LogP) is 4.43. The third-order valence-corrected chi connectivity index (χ3v) is 7.27. The van der Waals surface area contributed by atoms with Gasteiger partial charge in [0.1, 0.15) is 5.60 Å². The van der Waals surface area contributed by atoms with Crippen LogP contribution < -0.4 is 0 Å². The Morgan fingerprint density at radius 1 is 1.05 bits per heavy atom. The summed E-state index contributed by atoms with van der Waals surface area (Å²) < 4.78 is 5.90. The van der Waals surface area contributed by atoms with Crippen LogP contribution in [0, 0.1) is 41.4 Å². The monoisotopic (exact) mass is 290 g/mol. The molecule has 0 N–H and O–H groups in total. The summed E-state index contributed by atoms with van der Waals surface area (Å²) >= 11 is 0. The SMILES string of the molecule is CCCC(C)(C)OC(=O)C1CC2CC1C1C3CCC(C3)C21. The van der Waals surface area contributed by atoms with Crippen LogP contribution in [0.15, 0.2) is 0 Å². The summed E-state index contributed by atoms with van der Waals surface area (Å²) in [6.45, 7) is 6.30. The van der Waals surface area contributed by atoms with E-state index < -0.39 is 0 Å². The topological polar surface area (TPSA) is 26.3 Å². The minimum atomic E-state index is -0.276. The average molecular weight is 290 g/mol. The number of carbonyl (C=O) groups excluding carboxylic acids is 1. The lowest BCUT2D eigenvalue weighted by atomic mass is 9.67. The van der Waals surface area contributed by atoms with Crippen molar-refractivity contribution >= 4 is 5.97 Å². The molecular weight excluding hydrogens is 260 g/mol. The van der Waals surface area contributed by atoms with E-state index in [1.165, 1.54) is 25.7 Å². The predicted molar refractivity (Wildman–Crippen MR) is 82.6 cm³/mol. The number of carbonyl (C=O) groups is 1. The molecule has 4 aliphatic carbocycles. The Morgan fingerprint density at radius 3 is 2.48 bits per heavy atom. The van der Waals surface area contributed by atoms with E-state index in [0.717, 1.165) is 48.9 Å². The number of ether oxygens (including phenoxy) is 1. The Balaban J connectivity index is 1.46. The Bertz CT molecular complexity index is 441. The molecule has 2 heteroatoms. The molecule has 2 nitrogen and oxygen atoms in total. The van der Waals surface area contributed by atoms with Crippen LogP contribution in [-0.4, -0.2) is 11.6 Å². The van der Waals surface area contributed by atoms with E-state index in [1.54, 1.807) is 0 Å². The van der Waals surface area contributed by atoms with Crippen molar-refractivity contribution in [2.24, 2.45) is 41.4 Å². The Hall–Kier alpha value is -0.530. The zero-order valence-electron chi connectivity index (χ0n) is 13.8. The molecule has 7 atom stereocenters. The van der Waals surface area contributed by atoms with Gasteiger partial charge in [-0.15, -0.1) is 0 Å². The molecule has 0 aromatic heterocycles. The molecule has 118 valence electrons. The maximum absolute atomic E-state index is 12.7. The molecule has 4 aliphatic rings. The summed E-state index contributed by atoms with van der Waals surface area (Å²) in [5, 5.41) is 0. The lowest BCUT2D eigenvalue weighted by Crippen LogP contribution is -2.39. The van der Waals surface area contributed by atoms with Gasteiger partial charge in [0.05, 0.1) is 5.92 Å². The van der Waals surface area contributed by atoms with E-state index in [9.17, 15) is 4.79 Å². The van der Waals surface area contributed by atoms with Crippen LogP contribution in [0.5, 0.6) is 0 Å². The second-order valence-corrected chi connectivity index (χ2v) is 8.92. The maximum Gasteiger partial charge on any atom is 0.309 e. The van der Waals surface area contributed by atoms with Crippen LogP contribution in [0.25, 0.3) is 0 Å². The highest BCUT2D eigenvalue weighted by molar-refractivity contribution is 5.74. The fraction of sp³-hybridized carbons (Fsp3) is 0.947. The molecule has 0 amide bonds. The second kappa shape index (κ2) is 4.73. The molecular formula is C19H30O2. The molecule has 4 bridgehead atoms. The van der Waals surface area contributed by atoms with Crippen LogP contribution in [0.1, 0.15) is 65.7 Å². The van der Waals surface area contributed by atoms with Crippen LogP contribution in [-0.2, 0) is 9.53 Å².